The second-order valence-corrected chi connectivity index (χ2v) is 9.56. The number of hydrogen-bond acceptors (Lipinski definition) is 6. The number of likely N-dealkylation sites (N-methyl/N-ethyl adjacent to an activating group) is 1. The molecule has 0 unspecified atom stereocenters. The lowest BCUT2D eigenvalue weighted by molar-refractivity contribution is -0.133. The Bertz CT molecular complexity index is 817. The third-order valence-electron chi connectivity index (χ3n) is 7.64. The summed E-state index contributed by atoms with van der Waals surface area (Å²) in [4.78, 5) is 32.6. The molecule has 0 saturated carbocycles. The van der Waals surface area contributed by atoms with Crippen LogP contribution in [0, 0.1) is 0 Å². The van der Waals surface area contributed by atoms with Crippen molar-refractivity contribution >= 4 is 11.8 Å². The number of likely N-dealkylation sites (tertiary alicyclic amines) is 2. The van der Waals surface area contributed by atoms with E-state index < -0.39 is 0 Å². The van der Waals surface area contributed by atoms with Crippen molar-refractivity contribution in [3.05, 3.63) is 29.8 Å². The summed E-state index contributed by atoms with van der Waals surface area (Å²) in [6.45, 7) is 3.66. The van der Waals surface area contributed by atoms with Crippen LogP contribution in [0.5, 0.6) is 5.75 Å². The summed E-state index contributed by atoms with van der Waals surface area (Å²) in [5.74, 6) is 1.15. The molecule has 3 aliphatic rings. The van der Waals surface area contributed by atoms with E-state index in [9.17, 15) is 9.59 Å². The van der Waals surface area contributed by atoms with Crippen LogP contribution >= 0.6 is 0 Å². The molecule has 4 atom stereocenters. The summed E-state index contributed by atoms with van der Waals surface area (Å²) in [6, 6.07) is 8.43. The molecular formula is C25H38N4O4. The Morgan fingerprint density at radius 2 is 1.91 bits per heavy atom. The van der Waals surface area contributed by atoms with E-state index in [1.165, 1.54) is 5.56 Å². The Balaban J connectivity index is 1.36. The van der Waals surface area contributed by atoms with Gasteiger partial charge in [-0.3, -0.25) is 19.4 Å². The first-order valence-electron chi connectivity index (χ1n) is 12.2. The molecule has 3 heterocycles. The molecule has 1 aromatic rings. The number of amides is 2. The van der Waals surface area contributed by atoms with Gasteiger partial charge in [-0.05, 0) is 50.4 Å². The van der Waals surface area contributed by atoms with Crippen molar-refractivity contribution in [2.24, 2.45) is 0 Å². The average Bonchev–Trinajstić information content (AvgIpc) is 3.43. The Morgan fingerprint density at radius 1 is 1.12 bits per heavy atom. The number of carbonyl (C=O) groups is 2. The van der Waals surface area contributed by atoms with E-state index in [0.29, 0.717) is 19.6 Å². The monoisotopic (exact) mass is 458 g/mol. The highest BCUT2D eigenvalue weighted by molar-refractivity contribution is 5.83. The molecule has 8 heteroatoms. The maximum atomic E-state index is 13.1. The fourth-order valence-corrected chi connectivity index (χ4v) is 5.76. The Morgan fingerprint density at radius 3 is 2.64 bits per heavy atom. The molecule has 4 rings (SSSR count). The largest absolute Gasteiger partial charge is 0.497 e. The molecular weight excluding hydrogens is 420 g/mol. The highest BCUT2D eigenvalue weighted by atomic mass is 16.5. The molecule has 0 spiro atoms. The van der Waals surface area contributed by atoms with Crippen molar-refractivity contribution in [3.63, 3.8) is 0 Å². The van der Waals surface area contributed by atoms with Crippen LogP contribution in [-0.2, 0) is 20.9 Å². The Labute approximate surface area is 197 Å². The predicted molar refractivity (Wildman–Crippen MR) is 126 cm³/mol. The summed E-state index contributed by atoms with van der Waals surface area (Å²) < 4.78 is 10.6. The molecule has 8 nitrogen and oxygen atoms in total. The van der Waals surface area contributed by atoms with Crippen molar-refractivity contribution in [3.8, 4) is 5.75 Å². The number of nitrogens with zero attached hydrogens (tertiary/aromatic N) is 3. The number of benzene rings is 1. The highest BCUT2D eigenvalue weighted by Gasteiger charge is 2.45. The number of carbonyl (C=O) groups excluding carboxylic acids is 2. The third-order valence-corrected chi connectivity index (χ3v) is 7.64. The first-order chi connectivity index (χ1) is 16.0. The smallest absolute Gasteiger partial charge is 0.239 e. The molecule has 182 valence electrons. The minimum absolute atomic E-state index is 0.103. The SMILES string of the molecule is COC[C@H]1CCCN1C(=O)CC[C@H]1CNC(=O)[C@@H]2[C@H](CCN2Cc2ccc(OC)cc2)N1C. The van der Waals surface area contributed by atoms with Gasteiger partial charge in [0.15, 0.2) is 0 Å². The number of nitrogens with one attached hydrogen (secondary N) is 1. The minimum Gasteiger partial charge on any atom is -0.497 e. The maximum Gasteiger partial charge on any atom is 0.239 e. The molecule has 1 N–H and O–H groups in total. The van der Waals surface area contributed by atoms with Crippen LogP contribution in [-0.4, -0.2) is 98.2 Å². The number of hydrogen-bond donors (Lipinski definition) is 1. The van der Waals surface area contributed by atoms with Gasteiger partial charge < -0.3 is 19.7 Å². The lowest BCUT2D eigenvalue weighted by Gasteiger charge is -2.33. The topological polar surface area (TPSA) is 74.3 Å². The average molecular weight is 459 g/mol. The van der Waals surface area contributed by atoms with Crippen molar-refractivity contribution < 1.29 is 19.1 Å². The molecule has 1 aromatic carbocycles. The summed E-state index contributed by atoms with van der Waals surface area (Å²) in [5.41, 5.74) is 1.18. The molecule has 0 bridgehead atoms. The quantitative estimate of drug-likeness (QED) is 0.636. The van der Waals surface area contributed by atoms with Gasteiger partial charge in [0.25, 0.3) is 0 Å². The third kappa shape index (κ3) is 5.34. The van der Waals surface area contributed by atoms with Gasteiger partial charge in [-0.1, -0.05) is 12.1 Å². The van der Waals surface area contributed by atoms with E-state index in [0.717, 1.165) is 51.1 Å². The van der Waals surface area contributed by atoms with Gasteiger partial charge in [0.1, 0.15) is 11.8 Å². The zero-order valence-electron chi connectivity index (χ0n) is 20.2. The van der Waals surface area contributed by atoms with E-state index >= 15 is 0 Å². The lowest BCUT2D eigenvalue weighted by atomic mass is 10.0. The fourth-order valence-electron chi connectivity index (χ4n) is 5.76. The van der Waals surface area contributed by atoms with Crippen molar-refractivity contribution in [2.75, 3.05) is 47.5 Å². The number of ether oxygens (including phenoxy) is 2. The summed E-state index contributed by atoms with van der Waals surface area (Å²) >= 11 is 0. The van der Waals surface area contributed by atoms with E-state index in [1.807, 2.05) is 17.0 Å². The van der Waals surface area contributed by atoms with Gasteiger partial charge >= 0.3 is 0 Å². The number of rotatable bonds is 8. The highest BCUT2D eigenvalue weighted by Crippen LogP contribution is 2.29. The molecule has 3 aliphatic heterocycles. The predicted octanol–water partition coefficient (Wildman–Crippen LogP) is 1.49. The molecule has 33 heavy (non-hydrogen) atoms. The minimum atomic E-state index is -0.164. The van der Waals surface area contributed by atoms with Gasteiger partial charge in [0, 0.05) is 51.8 Å². The van der Waals surface area contributed by atoms with Crippen molar-refractivity contribution in [1.82, 2.24) is 20.0 Å². The summed E-state index contributed by atoms with van der Waals surface area (Å²) in [5, 5.41) is 3.17. The van der Waals surface area contributed by atoms with Gasteiger partial charge in [0.2, 0.25) is 11.8 Å². The standard InChI is InChI=1S/C25H38N4O4/c1-27-19(8-11-23(30)29-13-4-5-20(29)17-32-2)15-26-25(31)24-22(27)12-14-28(24)16-18-6-9-21(33-3)10-7-18/h6-7,9-10,19-20,22,24H,4-5,8,11-17H2,1-3H3,(H,26,31)/t19-,20+,22-,24-/m0/s1. The number of fused-ring (bicyclic) bond motifs is 1. The molecule has 0 aromatic heterocycles. The molecule has 0 aliphatic carbocycles. The maximum absolute atomic E-state index is 13.1. The zero-order valence-corrected chi connectivity index (χ0v) is 20.2. The molecule has 3 fully saturated rings. The summed E-state index contributed by atoms with van der Waals surface area (Å²) in [6.07, 6.45) is 4.29. The van der Waals surface area contributed by atoms with Crippen LogP contribution < -0.4 is 10.1 Å². The summed E-state index contributed by atoms with van der Waals surface area (Å²) in [7, 11) is 5.48. The van der Waals surface area contributed by atoms with Crippen LogP contribution in [0.4, 0.5) is 0 Å². The van der Waals surface area contributed by atoms with Crippen molar-refractivity contribution in [2.45, 2.75) is 62.8 Å². The lowest BCUT2D eigenvalue weighted by Crippen LogP contribution is -2.49. The Kier molecular flexibility index (Phi) is 7.88. The molecule has 3 saturated heterocycles. The van der Waals surface area contributed by atoms with Crippen molar-refractivity contribution in [1.29, 1.82) is 0 Å². The first kappa shape index (κ1) is 24.0. The van der Waals surface area contributed by atoms with Gasteiger partial charge in [0.05, 0.1) is 19.8 Å². The van der Waals surface area contributed by atoms with E-state index in [2.05, 4.69) is 34.3 Å². The second kappa shape index (κ2) is 10.8. The molecule has 0 radical (unpaired) electrons. The molecule has 2 amide bonds. The number of methoxy groups -OCH3 is 2. The van der Waals surface area contributed by atoms with Gasteiger partial charge in [-0.2, -0.15) is 0 Å². The first-order valence-corrected chi connectivity index (χ1v) is 12.2. The normalized spacial score (nSPS) is 28.5. The second-order valence-electron chi connectivity index (χ2n) is 9.56. The van der Waals surface area contributed by atoms with Crippen LogP contribution in [0.3, 0.4) is 0 Å². The van der Waals surface area contributed by atoms with E-state index in [4.69, 9.17) is 9.47 Å². The fraction of sp³-hybridized carbons (Fsp3) is 0.680. The van der Waals surface area contributed by atoms with Gasteiger partial charge in [-0.15, -0.1) is 0 Å². The van der Waals surface area contributed by atoms with E-state index in [1.54, 1.807) is 14.2 Å². The van der Waals surface area contributed by atoms with Gasteiger partial charge in [-0.25, -0.2) is 0 Å². The van der Waals surface area contributed by atoms with E-state index in [-0.39, 0.29) is 36.0 Å². The van der Waals surface area contributed by atoms with Crippen LogP contribution in [0.2, 0.25) is 0 Å². The van der Waals surface area contributed by atoms with Crippen LogP contribution in [0.25, 0.3) is 0 Å². The Hall–Kier alpha value is -2.16. The van der Waals surface area contributed by atoms with Crippen LogP contribution in [0.1, 0.15) is 37.7 Å². The van der Waals surface area contributed by atoms with Crippen LogP contribution in [0.15, 0.2) is 24.3 Å². The zero-order chi connectivity index (χ0) is 23.4.